The number of aromatic nitrogens is 2. The molecule has 8 nitrogen and oxygen atoms in total. The average molecular weight is 522 g/mol. The van der Waals surface area contributed by atoms with Gasteiger partial charge in [-0.2, -0.15) is 0 Å². The molecule has 3 amide bonds. The van der Waals surface area contributed by atoms with E-state index < -0.39 is 11.4 Å². The van der Waals surface area contributed by atoms with Gasteiger partial charge >= 0.3 is 0 Å². The second-order valence-corrected chi connectivity index (χ2v) is 10.0. The molecule has 9 heteroatoms. The summed E-state index contributed by atoms with van der Waals surface area (Å²) in [4.78, 5) is 45.8. The third-order valence-corrected chi connectivity index (χ3v) is 6.95. The maximum atomic E-state index is 13.6. The molecule has 2 heterocycles. The molecule has 0 aliphatic carbocycles. The number of nitrogens with zero attached hydrogens (tertiary/aromatic N) is 3. The molecule has 2 N–H and O–H groups in total. The highest BCUT2D eigenvalue weighted by molar-refractivity contribution is 6.30. The molecule has 0 fully saturated rings. The van der Waals surface area contributed by atoms with E-state index in [9.17, 15) is 14.4 Å². The molecule has 3 aromatic rings. The lowest BCUT2D eigenvalue weighted by Crippen LogP contribution is -2.64. The van der Waals surface area contributed by atoms with E-state index in [4.69, 9.17) is 11.6 Å². The van der Waals surface area contributed by atoms with E-state index in [1.165, 1.54) is 6.33 Å². The quantitative estimate of drug-likeness (QED) is 0.448. The Labute approximate surface area is 222 Å². The van der Waals surface area contributed by atoms with Crippen LogP contribution in [0.1, 0.15) is 57.9 Å². The van der Waals surface area contributed by atoms with Crippen LogP contribution in [0.25, 0.3) is 0 Å². The first-order chi connectivity index (χ1) is 17.7. The molecule has 1 aliphatic heterocycles. The Kier molecular flexibility index (Phi) is 7.97. The zero-order valence-corrected chi connectivity index (χ0v) is 22.1. The van der Waals surface area contributed by atoms with Gasteiger partial charge in [-0.1, -0.05) is 60.5 Å². The number of imidazole rings is 1. The summed E-state index contributed by atoms with van der Waals surface area (Å²) in [6.45, 7) is 7.07. The molecule has 0 radical (unpaired) electrons. The first kappa shape index (κ1) is 26.4. The summed E-state index contributed by atoms with van der Waals surface area (Å²) in [5.74, 6) is -1.04. The second-order valence-electron chi connectivity index (χ2n) is 9.60. The van der Waals surface area contributed by atoms with E-state index >= 15 is 0 Å². The summed E-state index contributed by atoms with van der Waals surface area (Å²) >= 11 is 5.93. The van der Waals surface area contributed by atoms with Gasteiger partial charge in [0.25, 0.3) is 11.8 Å². The molecule has 0 spiro atoms. The smallest absolute Gasteiger partial charge is 0.273 e. The van der Waals surface area contributed by atoms with Crippen LogP contribution in [-0.2, 0) is 24.3 Å². The monoisotopic (exact) mass is 521 g/mol. The molecule has 4 rings (SSSR count). The Balaban J connectivity index is 1.48. The van der Waals surface area contributed by atoms with Gasteiger partial charge in [0.05, 0.1) is 12.9 Å². The molecule has 0 unspecified atom stereocenters. The molecular weight excluding hydrogens is 490 g/mol. The summed E-state index contributed by atoms with van der Waals surface area (Å²) in [5.41, 5.74) is 2.33. The van der Waals surface area contributed by atoms with Crippen molar-refractivity contribution >= 4 is 29.3 Å². The van der Waals surface area contributed by atoms with Crippen LogP contribution in [-0.4, -0.2) is 50.8 Å². The second kappa shape index (κ2) is 11.2. The van der Waals surface area contributed by atoms with Crippen molar-refractivity contribution in [3.05, 3.63) is 88.0 Å². The highest BCUT2D eigenvalue weighted by Crippen LogP contribution is 2.29. The van der Waals surface area contributed by atoms with Crippen LogP contribution in [0, 0.1) is 6.92 Å². The van der Waals surface area contributed by atoms with Crippen LogP contribution in [0.3, 0.4) is 0 Å². The lowest BCUT2D eigenvalue weighted by molar-refractivity contribution is -0.133. The predicted octanol–water partition coefficient (Wildman–Crippen LogP) is 3.76. The molecule has 0 saturated carbocycles. The van der Waals surface area contributed by atoms with Gasteiger partial charge in [0, 0.05) is 24.7 Å². The van der Waals surface area contributed by atoms with Gasteiger partial charge in [-0.25, -0.2) is 4.98 Å². The highest BCUT2D eigenvalue weighted by Gasteiger charge is 2.48. The van der Waals surface area contributed by atoms with E-state index in [0.29, 0.717) is 37.5 Å². The van der Waals surface area contributed by atoms with Gasteiger partial charge < -0.3 is 20.1 Å². The number of aryl methyl sites for hydroxylation is 1. The summed E-state index contributed by atoms with van der Waals surface area (Å²) < 4.78 is 1.62. The van der Waals surface area contributed by atoms with E-state index in [-0.39, 0.29) is 29.7 Å². The topological polar surface area (TPSA) is 96.3 Å². The number of benzene rings is 2. The van der Waals surface area contributed by atoms with Crippen LogP contribution in [0.4, 0.5) is 0 Å². The average Bonchev–Trinajstić information content (AvgIpc) is 3.31. The fraction of sp³-hybridized carbons (Fsp3) is 0.357. The zero-order valence-electron chi connectivity index (χ0n) is 21.4. The number of hydrogen-bond acceptors (Lipinski definition) is 4. The Morgan fingerprint density at radius 2 is 1.73 bits per heavy atom. The Morgan fingerprint density at radius 1 is 1.05 bits per heavy atom. The third-order valence-electron chi connectivity index (χ3n) is 6.70. The van der Waals surface area contributed by atoms with Gasteiger partial charge in [-0.05, 0) is 49.9 Å². The summed E-state index contributed by atoms with van der Waals surface area (Å²) in [6, 6.07) is 15.4. The van der Waals surface area contributed by atoms with Crippen molar-refractivity contribution < 1.29 is 14.4 Å². The van der Waals surface area contributed by atoms with Crippen molar-refractivity contribution in [1.82, 2.24) is 25.1 Å². The molecule has 1 aromatic heterocycles. The Bertz CT molecular complexity index is 1290. The molecule has 0 saturated heterocycles. The number of amides is 3. The number of halogens is 1. The molecule has 0 bridgehead atoms. The summed E-state index contributed by atoms with van der Waals surface area (Å²) in [7, 11) is 0. The minimum Gasteiger partial charge on any atom is -0.350 e. The highest BCUT2D eigenvalue weighted by atomic mass is 35.5. The minimum atomic E-state index is -1.12. The van der Waals surface area contributed by atoms with Crippen molar-refractivity contribution in [2.75, 3.05) is 13.1 Å². The number of nitrogens with one attached hydrogen (secondary N) is 2. The zero-order chi connectivity index (χ0) is 26.6. The maximum absolute atomic E-state index is 13.6. The van der Waals surface area contributed by atoms with E-state index in [0.717, 1.165) is 16.7 Å². The van der Waals surface area contributed by atoms with Crippen LogP contribution in [0.15, 0.2) is 54.9 Å². The first-order valence-electron chi connectivity index (χ1n) is 12.5. The van der Waals surface area contributed by atoms with Gasteiger partial charge in [0.2, 0.25) is 5.91 Å². The third kappa shape index (κ3) is 5.69. The van der Waals surface area contributed by atoms with Gasteiger partial charge in [0.1, 0.15) is 11.2 Å². The molecular formula is C28H32ClN5O3. The lowest BCUT2D eigenvalue weighted by atomic mass is 9.93. The van der Waals surface area contributed by atoms with E-state index in [1.807, 2.05) is 50.2 Å². The molecule has 2 aromatic carbocycles. The number of carbonyl (C=O) groups excluding carboxylic acids is 3. The predicted molar refractivity (Wildman–Crippen MR) is 142 cm³/mol. The number of rotatable bonds is 9. The number of carbonyl (C=O) groups is 3. The largest absolute Gasteiger partial charge is 0.350 e. The van der Waals surface area contributed by atoms with Crippen LogP contribution in [0.5, 0.6) is 0 Å². The van der Waals surface area contributed by atoms with Gasteiger partial charge in [0.15, 0.2) is 5.69 Å². The van der Waals surface area contributed by atoms with Crippen LogP contribution in [0.2, 0.25) is 5.02 Å². The van der Waals surface area contributed by atoms with E-state index in [2.05, 4.69) is 15.6 Å². The fourth-order valence-electron chi connectivity index (χ4n) is 4.56. The molecule has 37 heavy (non-hydrogen) atoms. The molecule has 194 valence electrons. The number of hydrogen-bond donors (Lipinski definition) is 2. The van der Waals surface area contributed by atoms with Crippen molar-refractivity contribution in [3.8, 4) is 0 Å². The minimum absolute atomic E-state index is 0.0734. The molecule has 1 aliphatic rings. The van der Waals surface area contributed by atoms with Crippen molar-refractivity contribution in [3.63, 3.8) is 0 Å². The van der Waals surface area contributed by atoms with Crippen molar-refractivity contribution in [1.29, 1.82) is 0 Å². The summed E-state index contributed by atoms with van der Waals surface area (Å²) in [5, 5.41) is 6.50. The van der Waals surface area contributed by atoms with Crippen LogP contribution < -0.4 is 10.6 Å². The van der Waals surface area contributed by atoms with E-state index in [1.54, 1.807) is 28.5 Å². The van der Waals surface area contributed by atoms with Gasteiger partial charge in [-0.15, -0.1) is 0 Å². The first-order valence-corrected chi connectivity index (χ1v) is 12.8. The Hall–Kier alpha value is -3.65. The normalized spacial score (nSPS) is 16.9. The Morgan fingerprint density at radius 3 is 2.41 bits per heavy atom. The molecule has 1 atom stereocenters. The standard InChI is InChI=1S/C28H32ClN5O3/c1-4-15-34-26(36)24-23(25(35)30-14-13-20-9-11-22(29)12-10-20)32-18-33(24)17-28(34,3)27(37)31-16-21-7-5-19(2)6-8-21/h5-12,18H,4,13-17H2,1-3H3,(H,30,35)(H,31,37)/t28-/m1/s1. The summed E-state index contributed by atoms with van der Waals surface area (Å²) in [6.07, 6.45) is 2.76. The lowest BCUT2D eigenvalue weighted by Gasteiger charge is -2.43. The van der Waals surface area contributed by atoms with Crippen LogP contribution >= 0.6 is 11.6 Å². The SMILES string of the molecule is CCCN1C(=O)c2c(C(=O)NCCc3ccc(Cl)cc3)ncn2C[C@]1(C)C(=O)NCc1ccc(C)cc1. The maximum Gasteiger partial charge on any atom is 0.273 e. The fourth-order valence-corrected chi connectivity index (χ4v) is 4.69. The number of fused-ring (bicyclic) bond motifs is 1. The van der Waals surface area contributed by atoms with Gasteiger partial charge in [-0.3, -0.25) is 14.4 Å². The van der Waals surface area contributed by atoms with Crippen molar-refractivity contribution in [2.45, 2.75) is 52.2 Å². The van der Waals surface area contributed by atoms with Crippen molar-refractivity contribution in [2.24, 2.45) is 0 Å².